The molecule has 0 spiro atoms. The predicted octanol–water partition coefficient (Wildman–Crippen LogP) is 2.54. The number of nitrogens with zero attached hydrogens (tertiary/aromatic N) is 2. The molecule has 0 saturated carbocycles. The average Bonchev–Trinajstić information content (AvgIpc) is 3.36. The first-order valence-corrected chi connectivity index (χ1v) is 9.35. The van der Waals surface area contributed by atoms with E-state index in [1.165, 1.54) is 40.6 Å². The van der Waals surface area contributed by atoms with Crippen LogP contribution in [0.4, 0.5) is 4.39 Å². The Morgan fingerprint density at radius 1 is 1.04 bits per heavy atom. The first-order valence-electron chi connectivity index (χ1n) is 8.47. The smallest absolute Gasteiger partial charge is 0.295 e. The number of ketones is 1. The number of hydrogen-bond acceptors (Lipinski definition) is 4. The number of benzene rings is 1. The second-order valence-electron chi connectivity index (χ2n) is 6.28. The van der Waals surface area contributed by atoms with Crippen LogP contribution < -0.4 is 0 Å². The number of amides is 2. The van der Waals surface area contributed by atoms with Gasteiger partial charge in [0.2, 0.25) is 0 Å². The summed E-state index contributed by atoms with van der Waals surface area (Å²) < 4.78 is 13.5. The van der Waals surface area contributed by atoms with Gasteiger partial charge in [-0.15, -0.1) is 11.3 Å². The number of aromatic nitrogens is 1. The van der Waals surface area contributed by atoms with Gasteiger partial charge in [0.25, 0.3) is 17.6 Å². The van der Waals surface area contributed by atoms with Crippen LogP contribution in [0.3, 0.4) is 0 Å². The van der Waals surface area contributed by atoms with Crippen molar-refractivity contribution in [3.05, 3.63) is 58.2 Å². The minimum absolute atomic E-state index is 0.0597. The number of piperazine rings is 1. The lowest BCUT2D eigenvalue weighted by Gasteiger charge is -2.34. The summed E-state index contributed by atoms with van der Waals surface area (Å²) in [7, 11) is 0. The van der Waals surface area contributed by atoms with Crippen LogP contribution in [-0.4, -0.2) is 58.6 Å². The summed E-state index contributed by atoms with van der Waals surface area (Å²) in [4.78, 5) is 44.2. The molecule has 8 heteroatoms. The van der Waals surface area contributed by atoms with E-state index < -0.39 is 17.5 Å². The molecule has 0 radical (unpaired) electrons. The van der Waals surface area contributed by atoms with Gasteiger partial charge in [0.1, 0.15) is 5.82 Å². The molecule has 1 fully saturated rings. The van der Waals surface area contributed by atoms with Gasteiger partial charge in [0.15, 0.2) is 0 Å². The van der Waals surface area contributed by atoms with Crippen LogP contribution in [0, 0.1) is 5.82 Å². The maximum absolute atomic E-state index is 13.5. The van der Waals surface area contributed by atoms with E-state index in [1.54, 1.807) is 11.0 Å². The van der Waals surface area contributed by atoms with Crippen LogP contribution >= 0.6 is 11.3 Å². The van der Waals surface area contributed by atoms with E-state index in [2.05, 4.69) is 4.98 Å². The van der Waals surface area contributed by atoms with Crippen LogP contribution in [0.25, 0.3) is 10.9 Å². The normalized spacial score (nSPS) is 14.6. The number of halogens is 1. The quantitative estimate of drug-likeness (QED) is 0.556. The predicted molar refractivity (Wildman–Crippen MR) is 99.4 cm³/mol. The second-order valence-corrected chi connectivity index (χ2v) is 7.23. The molecule has 1 N–H and O–H groups in total. The van der Waals surface area contributed by atoms with Crippen LogP contribution in [-0.2, 0) is 4.79 Å². The molecule has 1 aliphatic rings. The minimum Gasteiger partial charge on any atom is -0.360 e. The highest BCUT2D eigenvalue weighted by molar-refractivity contribution is 7.12. The van der Waals surface area contributed by atoms with Crippen molar-refractivity contribution in [3.8, 4) is 0 Å². The summed E-state index contributed by atoms with van der Waals surface area (Å²) in [6.45, 7) is 1.33. The van der Waals surface area contributed by atoms with Crippen molar-refractivity contribution < 1.29 is 18.8 Å². The molecular formula is C19H16FN3O3S. The number of Topliss-reactive ketones (excluding diaryl/α,β-unsaturated/α-hetero) is 1. The van der Waals surface area contributed by atoms with E-state index in [0.29, 0.717) is 42.0 Å². The maximum Gasteiger partial charge on any atom is 0.295 e. The van der Waals surface area contributed by atoms with Crippen molar-refractivity contribution in [2.24, 2.45) is 0 Å². The lowest BCUT2D eigenvalue weighted by atomic mass is 10.1. The van der Waals surface area contributed by atoms with E-state index in [0.717, 1.165) is 0 Å². The largest absolute Gasteiger partial charge is 0.360 e. The van der Waals surface area contributed by atoms with E-state index in [4.69, 9.17) is 0 Å². The van der Waals surface area contributed by atoms with Crippen LogP contribution in [0.15, 0.2) is 41.9 Å². The van der Waals surface area contributed by atoms with E-state index in [1.807, 2.05) is 11.4 Å². The summed E-state index contributed by atoms with van der Waals surface area (Å²) in [6.07, 6.45) is 1.43. The fourth-order valence-corrected chi connectivity index (χ4v) is 3.90. The number of H-pyrrole nitrogens is 1. The molecule has 0 aliphatic carbocycles. The van der Waals surface area contributed by atoms with Gasteiger partial charge >= 0.3 is 0 Å². The Morgan fingerprint density at radius 3 is 2.48 bits per heavy atom. The number of rotatable bonds is 3. The molecular weight excluding hydrogens is 369 g/mol. The van der Waals surface area contributed by atoms with Gasteiger partial charge in [0.05, 0.1) is 10.4 Å². The Bertz CT molecular complexity index is 1020. The first-order chi connectivity index (χ1) is 13.0. The molecule has 0 bridgehead atoms. The number of hydrogen-bond donors (Lipinski definition) is 1. The highest BCUT2D eigenvalue weighted by Gasteiger charge is 2.30. The lowest BCUT2D eigenvalue weighted by Crippen LogP contribution is -2.52. The van der Waals surface area contributed by atoms with Gasteiger partial charge in [-0.1, -0.05) is 6.07 Å². The molecule has 0 unspecified atom stereocenters. The summed E-state index contributed by atoms with van der Waals surface area (Å²) in [5.41, 5.74) is 0.755. The Hall–Kier alpha value is -3.00. The standard InChI is InChI=1S/C19H16FN3O3S/c20-12-3-4-15-13(10-12)14(11-21-15)17(24)19(26)23-7-5-22(6-8-23)18(25)16-2-1-9-27-16/h1-4,9-11,21H,5-8H2. The van der Waals surface area contributed by atoms with Crippen LogP contribution in [0.1, 0.15) is 20.0 Å². The first kappa shape index (κ1) is 17.4. The monoisotopic (exact) mass is 385 g/mol. The van der Waals surface area contributed by atoms with Gasteiger partial charge in [-0.25, -0.2) is 4.39 Å². The molecule has 2 amide bonds. The average molecular weight is 385 g/mol. The van der Waals surface area contributed by atoms with Gasteiger partial charge in [-0.05, 0) is 29.6 Å². The number of aromatic amines is 1. The number of nitrogens with one attached hydrogen (secondary N) is 1. The Balaban J connectivity index is 1.45. The topological polar surface area (TPSA) is 73.5 Å². The van der Waals surface area contributed by atoms with Crippen molar-refractivity contribution in [1.29, 1.82) is 0 Å². The third-order valence-electron chi connectivity index (χ3n) is 4.67. The third kappa shape index (κ3) is 3.23. The molecule has 4 rings (SSSR count). The van der Waals surface area contributed by atoms with Crippen molar-refractivity contribution in [2.45, 2.75) is 0 Å². The van der Waals surface area contributed by atoms with Gasteiger partial charge in [-0.2, -0.15) is 0 Å². The summed E-state index contributed by atoms with van der Waals surface area (Å²) >= 11 is 1.38. The fourth-order valence-electron chi connectivity index (χ4n) is 3.21. The third-order valence-corrected chi connectivity index (χ3v) is 5.53. The molecule has 2 aromatic heterocycles. The fraction of sp³-hybridized carbons (Fsp3) is 0.211. The second kappa shape index (κ2) is 6.96. The van der Waals surface area contributed by atoms with Crippen LogP contribution in [0.2, 0.25) is 0 Å². The van der Waals surface area contributed by atoms with Gasteiger partial charge in [-0.3, -0.25) is 14.4 Å². The highest BCUT2D eigenvalue weighted by Crippen LogP contribution is 2.21. The molecule has 0 atom stereocenters. The van der Waals surface area contributed by atoms with Crippen molar-refractivity contribution in [1.82, 2.24) is 14.8 Å². The number of fused-ring (bicyclic) bond motifs is 1. The maximum atomic E-state index is 13.5. The number of carbonyl (C=O) groups excluding carboxylic acids is 3. The Morgan fingerprint density at radius 2 is 1.78 bits per heavy atom. The molecule has 3 aromatic rings. The number of thiophene rings is 1. The molecule has 1 aromatic carbocycles. The van der Waals surface area contributed by atoms with E-state index in [-0.39, 0.29) is 11.5 Å². The van der Waals surface area contributed by atoms with E-state index in [9.17, 15) is 18.8 Å². The summed E-state index contributed by atoms with van der Waals surface area (Å²) in [5.74, 6) is -1.84. The Labute approximate surface area is 158 Å². The van der Waals surface area contributed by atoms with Crippen LogP contribution in [0.5, 0.6) is 0 Å². The summed E-state index contributed by atoms with van der Waals surface area (Å²) in [5, 5.41) is 2.23. The van der Waals surface area contributed by atoms with Crippen molar-refractivity contribution in [2.75, 3.05) is 26.2 Å². The zero-order valence-electron chi connectivity index (χ0n) is 14.3. The molecule has 1 aliphatic heterocycles. The molecule has 27 heavy (non-hydrogen) atoms. The SMILES string of the molecule is O=C(C(=O)N1CCN(C(=O)c2cccs2)CC1)c1c[nH]c2ccc(F)cc12. The van der Waals surface area contributed by atoms with Gasteiger partial charge < -0.3 is 14.8 Å². The molecule has 6 nitrogen and oxygen atoms in total. The lowest BCUT2D eigenvalue weighted by molar-refractivity contribution is -0.127. The van der Waals surface area contributed by atoms with Gasteiger partial charge in [0, 0.05) is 43.3 Å². The zero-order chi connectivity index (χ0) is 19.0. The van der Waals surface area contributed by atoms with Crippen molar-refractivity contribution >= 4 is 39.8 Å². The zero-order valence-corrected chi connectivity index (χ0v) is 15.1. The molecule has 3 heterocycles. The molecule has 138 valence electrons. The number of carbonyl (C=O) groups is 3. The summed E-state index contributed by atoms with van der Waals surface area (Å²) in [6, 6.07) is 7.65. The minimum atomic E-state index is -0.676. The van der Waals surface area contributed by atoms with Crippen molar-refractivity contribution in [3.63, 3.8) is 0 Å². The highest BCUT2D eigenvalue weighted by atomic mass is 32.1. The molecule has 1 saturated heterocycles. The Kier molecular flexibility index (Phi) is 4.49. The van der Waals surface area contributed by atoms with E-state index >= 15 is 0 Å².